The quantitative estimate of drug-likeness (QED) is 0.382. The van der Waals surface area contributed by atoms with E-state index in [1.807, 2.05) is 6.07 Å². The van der Waals surface area contributed by atoms with Gasteiger partial charge in [-0.15, -0.1) is 0 Å². The molecule has 0 saturated heterocycles. The van der Waals surface area contributed by atoms with Crippen molar-refractivity contribution in [3.8, 4) is 11.4 Å². The minimum Gasteiger partial charge on any atom is -0.368 e. The highest BCUT2D eigenvalue weighted by atomic mass is 19.1. The van der Waals surface area contributed by atoms with Crippen molar-refractivity contribution in [1.29, 1.82) is 0 Å². The van der Waals surface area contributed by atoms with Gasteiger partial charge in [-0.1, -0.05) is 31.4 Å². The van der Waals surface area contributed by atoms with Crippen molar-refractivity contribution in [2.45, 2.75) is 44.7 Å². The molecule has 5 rings (SSSR count). The van der Waals surface area contributed by atoms with Gasteiger partial charge in [-0.3, -0.25) is 5.10 Å². The lowest BCUT2D eigenvalue weighted by atomic mass is 9.97. The summed E-state index contributed by atoms with van der Waals surface area (Å²) in [5, 5.41) is 10.8. The van der Waals surface area contributed by atoms with Crippen LogP contribution in [0.4, 0.5) is 16.3 Å². The maximum atomic E-state index is 13.2. The summed E-state index contributed by atoms with van der Waals surface area (Å²) < 4.78 is 13.2. The van der Waals surface area contributed by atoms with Gasteiger partial charge in [0.25, 0.3) is 0 Å². The fraction of sp³-hybridized carbons (Fsp3) is 0.318. The Balaban J connectivity index is 0.000000300. The number of aromatic nitrogens is 6. The Morgan fingerprint density at radius 1 is 1.09 bits per heavy atom. The standard InChI is InChI=1S/C16H13FN8.C6H13N/c17-10-3-1-2-9(6-10)7-21-16-19-5-4-12(22-16)13-11-8-20-15(18)23-14(11)25-24-13;7-6-4-2-1-3-5-6/h1-6,8H,7H2,(H,19,21,22)(H3,18,20,23,24,25);6H,1-5,7H2. The number of hydrogen-bond donors (Lipinski definition) is 4. The molecule has 4 aromatic rings. The molecule has 0 radical (unpaired) electrons. The van der Waals surface area contributed by atoms with Gasteiger partial charge in [-0.2, -0.15) is 10.1 Å². The van der Waals surface area contributed by atoms with Crippen LogP contribution in [0.5, 0.6) is 0 Å². The molecule has 3 aromatic heterocycles. The molecule has 0 aliphatic heterocycles. The molecule has 0 atom stereocenters. The first-order chi connectivity index (χ1) is 15.6. The van der Waals surface area contributed by atoms with Crippen LogP contribution in [0.25, 0.3) is 22.4 Å². The first-order valence-corrected chi connectivity index (χ1v) is 10.6. The molecule has 1 aliphatic rings. The van der Waals surface area contributed by atoms with Gasteiger partial charge < -0.3 is 16.8 Å². The summed E-state index contributed by atoms with van der Waals surface area (Å²) in [5.74, 6) is 0.295. The second-order valence-corrected chi connectivity index (χ2v) is 7.71. The molecular formula is C22H26FN9. The van der Waals surface area contributed by atoms with Crippen molar-refractivity contribution in [3.63, 3.8) is 0 Å². The molecule has 0 spiro atoms. The number of nitrogens with zero attached hydrogens (tertiary/aromatic N) is 5. The zero-order valence-corrected chi connectivity index (χ0v) is 17.6. The number of nitrogens with one attached hydrogen (secondary N) is 2. The number of anilines is 2. The smallest absolute Gasteiger partial charge is 0.223 e. The number of fused-ring (bicyclic) bond motifs is 1. The van der Waals surface area contributed by atoms with E-state index in [0.29, 0.717) is 41.0 Å². The van der Waals surface area contributed by atoms with Crippen LogP contribution in [0.3, 0.4) is 0 Å². The third-order valence-corrected chi connectivity index (χ3v) is 5.23. The van der Waals surface area contributed by atoms with E-state index in [-0.39, 0.29) is 11.8 Å². The molecule has 0 bridgehead atoms. The summed E-state index contributed by atoms with van der Waals surface area (Å²) in [6, 6.07) is 8.63. The lowest BCUT2D eigenvalue weighted by molar-refractivity contribution is 0.441. The van der Waals surface area contributed by atoms with Crippen molar-refractivity contribution in [1.82, 2.24) is 30.1 Å². The van der Waals surface area contributed by atoms with E-state index < -0.39 is 0 Å². The van der Waals surface area contributed by atoms with E-state index in [4.69, 9.17) is 11.5 Å². The van der Waals surface area contributed by atoms with Crippen LogP contribution >= 0.6 is 0 Å². The largest absolute Gasteiger partial charge is 0.368 e. The number of hydrogen-bond acceptors (Lipinski definition) is 8. The summed E-state index contributed by atoms with van der Waals surface area (Å²) in [6.45, 7) is 0.407. The number of halogens is 1. The number of H-pyrrole nitrogens is 1. The Hall–Kier alpha value is -3.66. The molecule has 9 nitrogen and oxygen atoms in total. The Morgan fingerprint density at radius 3 is 2.69 bits per heavy atom. The van der Waals surface area contributed by atoms with Crippen LogP contribution in [0, 0.1) is 5.82 Å². The van der Waals surface area contributed by atoms with Crippen LogP contribution in [-0.2, 0) is 6.54 Å². The normalized spacial score (nSPS) is 14.1. The highest BCUT2D eigenvalue weighted by molar-refractivity contribution is 5.89. The average molecular weight is 436 g/mol. The Labute approximate surface area is 184 Å². The predicted molar refractivity (Wildman–Crippen MR) is 122 cm³/mol. The highest BCUT2D eigenvalue weighted by Crippen LogP contribution is 2.24. The molecule has 10 heteroatoms. The zero-order chi connectivity index (χ0) is 22.3. The molecule has 1 aromatic carbocycles. The zero-order valence-electron chi connectivity index (χ0n) is 17.6. The number of nitrogens with two attached hydrogens (primary N) is 2. The molecule has 3 heterocycles. The van der Waals surface area contributed by atoms with E-state index in [0.717, 1.165) is 5.56 Å². The van der Waals surface area contributed by atoms with Crippen molar-refractivity contribution in [2.75, 3.05) is 11.1 Å². The summed E-state index contributed by atoms with van der Waals surface area (Å²) in [7, 11) is 0. The third-order valence-electron chi connectivity index (χ3n) is 5.23. The van der Waals surface area contributed by atoms with Gasteiger partial charge in [0.15, 0.2) is 5.65 Å². The van der Waals surface area contributed by atoms with Gasteiger partial charge in [-0.25, -0.2) is 19.3 Å². The third kappa shape index (κ3) is 5.52. The highest BCUT2D eigenvalue weighted by Gasteiger charge is 2.12. The number of nitrogen functional groups attached to an aromatic ring is 1. The van der Waals surface area contributed by atoms with Crippen LogP contribution in [-0.4, -0.2) is 36.2 Å². The molecule has 166 valence electrons. The Bertz CT molecular complexity index is 1170. The van der Waals surface area contributed by atoms with Crippen molar-refractivity contribution in [2.24, 2.45) is 5.73 Å². The molecule has 1 fully saturated rings. The summed E-state index contributed by atoms with van der Waals surface area (Å²) in [6.07, 6.45) is 9.88. The van der Waals surface area contributed by atoms with Crippen LogP contribution < -0.4 is 16.8 Å². The van der Waals surface area contributed by atoms with Gasteiger partial charge in [-0.05, 0) is 36.6 Å². The van der Waals surface area contributed by atoms with Crippen molar-refractivity contribution in [3.05, 3.63) is 54.1 Å². The van der Waals surface area contributed by atoms with Gasteiger partial charge in [0.2, 0.25) is 11.9 Å². The van der Waals surface area contributed by atoms with Gasteiger partial charge in [0.05, 0.1) is 16.8 Å². The number of rotatable bonds is 4. The fourth-order valence-corrected chi connectivity index (χ4v) is 3.56. The molecule has 0 amide bonds. The first-order valence-electron chi connectivity index (χ1n) is 10.6. The topological polar surface area (TPSA) is 144 Å². The predicted octanol–water partition coefficient (Wildman–Crippen LogP) is 3.42. The van der Waals surface area contributed by atoms with Crippen molar-refractivity contribution < 1.29 is 4.39 Å². The Kier molecular flexibility index (Phi) is 6.81. The maximum absolute atomic E-state index is 13.2. The molecule has 32 heavy (non-hydrogen) atoms. The number of benzene rings is 1. The number of aromatic amines is 1. The minimum atomic E-state index is -0.280. The maximum Gasteiger partial charge on any atom is 0.223 e. The van der Waals surface area contributed by atoms with Crippen LogP contribution in [0.1, 0.15) is 37.7 Å². The summed E-state index contributed by atoms with van der Waals surface area (Å²) in [5.41, 5.74) is 13.8. The second-order valence-electron chi connectivity index (χ2n) is 7.71. The average Bonchev–Trinajstić information content (AvgIpc) is 3.22. The lowest BCUT2D eigenvalue weighted by Gasteiger charge is -2.15. The summed E-state index contributed by atoms with van der Waals surface area (Å²) in [4.78, 5) is 16.7. The molecule has 0 unspecified atom stereocenters. The van der Waals surface area contributed by atoms with E-state index >= 15 is 0 Å². The van der Waals surface area contributed by atoms with Gasteiger partial charge >= 0.3 is 0 Å². The van der Waals surface area contributed by atoms with E-state index in [9.17, 15) is 4.39 Å². The van der Waals surface area contributed by atoms with E-state index in [1.54, 1.807) is 24.5 Å². The minimum absolute atomic E-state index is 0.158. The fourth-order valence-electron chi connectivity index (χ4n) is 3.56. The van der Waals surface area contributed by atoms with E-state index in [1.165, 1.54) is 44.2 Å². The molecule has 6 N–H and O–H groups in total. The lowest BCUT2D eigenvalue weighted by Crippen LogP contribution is -2.22. The Morgan fingerprint density at radius 2 is 1.94 bits per heavy atom. The van der Waals surface area contributed by atoms with Crippen molar-refractivity contribution >= 4 is 22.9 Å². The molecule has 1 saturated carbocycles. The van der Waals surface area contributed by atoms with Gasteiger partial charge in [0, 0.05) is 25.0 Å². The van der Waals surface area contributed by atoms with E-state index in [2.05, 4.69) is 35.5 Å². The SMILES string of the molecule is NC1CCCCC1.Nc1ncc2c(-c3ccnc(NCc4cccc(F)c4)n3)[nH]nc2n1. The second kappa shape index (κ2) is 10.1. The molecular weight excluding hydrogens is 409 g/mol. The first kappa shape index (κ1) is 21.6. The van der Waals surface area contributed by atoms with Crippen LogP contribution in [0.15, 0.2) is 42.7 Å². The van der Waals surface area contributed by atoms with Gasteiger partial charge in [0.1, 0.15) is 5.82 Å². The van der Waals surface area contributed by atoms with Crippen LogP contribution in [0.2, 0.25) is 0 Å². The molecule has 1 aliphatic carbocycles. The monoisotopic (exact) mass is 435 g/mol. The summed E-state index contributed by atoms with van der Waals surface area (Å²) >= 11 is 0.